The van der Waals surface area contributed by atoms with Crippen molar-refractivity contribution < 1.29 is 14.3 Å². The lowest BCUT2D eigenvalue weighted by Crippen LogP contribution is -2.64. The third-order valence-corrected chi connectivity index (χ3v) is 3.75. The number of carbonyl (C=O) groups excluding carboxylic acids is 1. The van der Waals surface area contributed by atoms with Crippen LogP contribution >= 0.6 is 11.6 Å². The van der Waals surface area contributed by atoms with Crippen molar-refractivity contribution in [3.05, 3.63) is 34.9 Å². The average molecular weight is 312 g/mol. The molecule has 1 amide bonds. The third kappa shape index (κ3) is 4.11. The highest BCUT2D eigenvalue weighted by atomic mass is 35.5. The van der Waals surface area contributed by atoms with E-state index in [4.69, 9.17) is 21.1 Å². The van der Waals surface area contributed by atoms with Gasteiger partial charge in [-0.25, -0.2) is 4.79 Å². The zero-order valence-electron chi connectivity index (χ0n) is 12.9. The van der Waals surface area contributed by atoms with Crippen LogP contribution in [-0.4, -0.2) is 42.4 Å². The Bertz CT molecular complexity index is 495. The molecule has 1 saturated heterocycles. The molecule has 5 heteroatoms. The molecule has 0 bridgehead atoms. The van der Waals surface area contributed by atoms with E-state index in [2.05, 4.69) is 0 Å². The van der Waals surface area contributed by atoms with Crippen molar-refractivity contribution >= 4 is 17.7 Å². The normalized spacial score (nSPS) is 21.9. The molecule has 1 fully saturated rings. The molecule has 4 nitrogen and oxygen atoms in total. The predicted octanol–water partition coefficient (Wildman–Crippen LogP) is 3.52. The zero-order valence-corrected chi connectivity index (χ0v) is 13.7. The van der Waals surface area contributed by atoms with Crippen LogP contribution in [0.15, 0.2) is 24.3 Å². The molecule has 1 aliphatic rings. The van der Waals surface area contributed by atoms with Crippen molar-refractivity contribution in [2.24, 2.45) is 0 Å². The summed E-state index contributed by atoms with van der Waals surface area (Å²) >= 11 is 5.89. The Kier molecular flexibility index (Phi) is 4.79. The van der Waals surface area contributed by atoms with Gasteiger partial charge in [0.1, 0.15) is 5.60 Å². The molecule has 0 saturated carbocycles. The fraction of sp³-hybridized carbons (Fsp3) is 0.562. The lowest BCUT2D eigenvalue weighted by molar-refractivity contribution is -0.0871. The van der Waals surface area contributed by atoms with E-state index in [1.54, 1.807) is 12.0 Å². The molecule has 21 heavy (non-hydrogen) atoms. The van der Waals surface area contributed by atoms with Gasteiger partial charge in [0.05, 0.1) is 18.7 Å². The molecule has 2 atom stereocenters. The van der Waals surface area contributed by atoms with Gasteiger partial charge in [-0.15, -0.1) is 0 Å². The van der Waals surface area contributed by atoms with Crippen molar-refractivity contribution in [2.75, 3.05) is 13.7 Å². The summed E-state index contributed by atoms with van der Waals surface area (Å²) < 4.78 is 10.9. The summed E-state index contributed by atoms with van der Waals surface area (Å²) in [6.45, 7) is 6.18. The van der Waals surface area contributed by atoms with Crippen LogP contribution in [0.1, 0.15) is 26.3 Å². The second-order valence-corrected chi connectivity index (χ2v) is 6.74. The van der Waals surface area contributed by atoms with E-state index in [9.17, 15) is 4.79 Å². The fourth-order valence-corrected chi connectivity index (χ4v) is 2.51. The molecule has 1 aromatic rings. The van der Waals surface area contributed by atoms with E-state index in [0.29, 0.717) is 11.6 Å². The Hall–Kier alpha value is -1.26. The van der Waals surface area contributed by atoms with Crippen LogP contribution in [0.3, 0.4) is 0 Å². The molecule has 0 aliphatic carbocycles. The first-order valence-electron chi connectivity index (χ1n) is 7.07. The van der Waals surface area contributed by atoms with Gasteiger partial charge in [0, 0.05) is 12.1 Å². The predicted molar refractivity (Wildman–Crippen MR) is 82.7 cm³/mol. The second-order valence-electron chi connectivity index (χ2n) is 6.30. The molecule has 0 N–H and O–H groups in total. The molecule has 1 heterocycles. The minimum Gasteiger partial charge on any atom is -0.444 e. The Labute approximate surface area is 131 Å². The number of rotatable bonds is 3. The van der Waals surface area contributed by atoms with Crippen LogP contribution in [0.2, 0.25) is 5.02 Å². The first-order chi connectivity index (χ1) is 9.80. The topological polar surface area (TPSA) is 38.8 Å². The quantitative estimate of drug-likeness (QED) is 0.857. The van der Waals surface area contributed by atoms with Crippen molar-refractivity contribution in [2.45, 2.75) is 44.9 Å². The molecular weight excluding hydrogens is 290 g/mol. The smallest absolute Gasteiger partial charge is 0.410 e. The monoisotopic (exact) mass is 311 g/mol. The lowest BCUT2D eigenvalue weighted by atomic mass is 9.92. The summed E-state index contributed by atoms with van der Waals surface area (Å²) in [5, 5.41) is 0.708. The molecule has 0 radical (unpaired) electrons. The maximum Gasteiger partial charge on any atom is 0.410 e. The Morgan fingerprint density at radius 1 is 1.33 bits per heavy atom. The molecule has 116 valence electrons. The summed E-state index contributed by atoms with van der Waals surface area (Å²) in [6, 6.07) is 7.66. The number of carbonyl (C=O) groups is 1. The minimum absolute atomic E-state index is 0.00558. The maximum atomic E-state index is 12.2. The third-order valence-electron chi connectivity index (χ3n) is 3.49. The second kappa shape index (κ2) is 6.24. The van der Waals surface area contributed by atoms with Crippen LogP contribution in [0.4, 0.5) is 4.79 Å². The molecular formula is C16H22ClNO3. The van der Waals surface area contributed by atoms with Gasteiger partial charge in [-0.05, 0) is 44.9 Å². The van der Waals surface area contributed by atoms with Crippen LogP contribution in [0.5, 0.6) is 0 Å². The lowest BCUT2D eigenvalue weighted by Gasteiger charge is -2.47. The molecule has 1 aliphatic heterocycles. The van der Waals surface area contributed by atoms with Crippen molar-refractivity contribution in [1.82, 2.24) is 4.90 Å². The number of ether oxygens (including phenoxy) is 2. The number of hydrogen-bond donors (Lipinski definition) is 0. The molecule has 2 unspecified atom stereocenters. The molecule has 2 rings (SSSR count). The number of likely N-dealkylation sites (tertiary alicyclic amines) is 1. The van der Waals surface area contributed by atoms with Gasteiger partial charge in [-0.1, -0.05) is 23.7 Å². The summed E-state index contributed by atoms with van der Waals surface area (Å²) in [5.41, 5.74) is 0.639. The number of benzene rings is 1. The molecule has 0 spiro atoms. The van der Waals surface area contributed by atoms with Crippen molar-refractivity contribution in [3.8, 4) is 0 Å². The van der Waals surface area contributed by atoms with Crippen LogP contribution < -0.4 is 0 Å². The van der Waals surface area contributed by atoms with Gasteiger partial charge < -0.3 is 9.47 Å². The average Bonchev–Trinajstić information content (AvgIpc) is 2.35. The van der Waals surface area contributed by atoms with Crippen LogP contribution in [-0.2, 0) is 15.9 Å². The van der Waals surface area contributed by atoms with Crippen LogP contribution in [0.25, 0.3) is 0 Å². The number of methoxy groups -OCH3 is 1. The SMILES string of the molecule is COC1CN(C(=O)OC(C)(C)C)C1Cc1ccc(Cl)cc1. The van der Waals surface area contributed by atoms with Crippen molar-refractivity contribution in [1.29, 1.82) is 0 Å². The van der Waals surface area contributed by atoms with E-state index in [-0.39, 0.29) is 18.2 Å². The largest absolute Gasteiger partial charge is 0.444 e. The number of amides is 1. The molecule has 0 aromatic heterocycles. The standard InChI is InChI=1S/C16H22ClNO3/c1-16(2,3)21-15(19)18-10-14(20-4)13(18)9-11-5-7-12(17)8-6-11/h5-8,13-14H,9-10H2,1-4H3. The highest BCUT2D eigenvalue weighted by Gasteiger charge is 2.43. The number of hydrogen-bond acceptors (Lipinski definition) is 3. The van der Waals surface area contributed by atoms with Gasteiger partial charge in [0.25, 0.3) is 0 Å². The van der Waals surface area contributed by atoms with Gasteiger partial charge in [0.2, 0.25) is 0 Å². The van der Waals surface area contributed by atoms with E-state index in [1.165, 1.54) is 0 Å². The van der Waals surface area contributed by atoms with E-state index in [0.717, 1.165) is 12.0 Å². The van der Waals surface area contributed by atoms with Crippen LogP contribution in [0, 0.1) is 0 Å². The first kappa shape index (κ1) is 16.1. The zero-order chi connectivity index (χ0) is 15.6. The minimum atomic E-state index is -0.486. The maximum absolute atomic E-state index is 12.2. The van der Waals surface area contributed by atoms with E-state index in [1.807, 2.05) is 45.0 Å². The Morgan fingerprint density at radius 3 is 2.48 bits per heavy atom. The highest BCUT2D eigenvalue weighted by Crippen LogP contribution is 2.27. The van der Waals surface area contributed by atoms with E-state index < -0.39 is 5.60 Å². The number of halogens is 1. The number of nitrogens with zero attached hydrogens (tertiary/aromatic N) is 1. The first-order valence-corrected chi connectivity index (χ1v) is 7.45. The summed E-state index contributed by atoms with van der Waals surface area (Å²) in [6.07, 6.45) is 0.498. The Balaban J connectivity index is 2.03. The summed E-state index contributed by atoms with van der Waals surface area (Å²) in [4.78, 5) is 13.9. The van der Waals surface area contributed by atoms with E-state index >= 15 is 0 Å². The van der Waals surface area contributed by atoms with Gasteiger partial charge in [0.15, 0.2) is 0 Å². The fourth-order valence-electron chi connectivity index (χ4n) is 2.38. The summed E-state index contributed by atoms with van der Waals surface area (Å²) in [7, 11) is 1.67. The van der Waals surface area contributed by atoms with Gasteiger partial charge in [-0.2, -0.15) is 0 Å². The molecule has 1 aromatic carbocycles. The van der Waals surface area contributed by atoms with Gasteiger partial charge >= 0.3 is 6.09 Å². The van der Waals surface area contributed by atoms with Gasteiger partial charge in [-0.3, -0.25) is 4.90 Å². The highest BCUT2D eigenvalue weighted by molar-refractivity contribution is 6.30. The summed E-state index contributed by atoms with van der Waals surface area (Å²) in [5.74, 6) is 0. The Morgan fingerprint density at radius 2 is 1.95 bits per heavy atom. The van der Waals surface area contributed by atoms with Crippen molar-refractivity contribution in [3.63, 3.8) is 0 Å².